The highest BCUT2D eigenvalue weighted by molar-refractivity contribution is 5.96. The average Bonchev–Trinajstić information content (AvgIpc) is 3.70. The lowest BCUT2D eigenvalue weighted by molar-refractivity contribution is 0.719. The minimum absolute atomic E-state index is 0.659. The first-order valence-electron chi connectivity index (χ1n) is 13.3. The topological polar surface area (TPSA) is 34.6 Å². The summed E-state index contributed by atoms with van der Waals surface area (Å²) in [5.74, 6) is 0. The molecule has 0 bridgehead atoms. The molecule has 0 radical (unpaired) electrons. The van der Waals surface area contributed by atoms with E-state index in [0.29, 0.717) is 0 Å². The Morgan fingerprint density at radius 3 is 1.41 bits per heavy atom. The molecule has 0 amide bonds. The van der Waals surface area contributed by atoms with Crippen LogP contribution >= 0.6 is 0 Å². The quantitative estimate of drug-likeness (QED) is 0.245. The van der Waals surface area contributed by atoms with Crippen LogP contribution in [0, 0.1) is 0 Å². The van der Waals surface area contributed by atoms with Crippen molar-refractivity contribution in [1.29, 1.82) is 0 Å². The van der Waals surface area contributed by atoms with Crippen LogP contribution in [0.5, 0.6) is 0 Å². The van der Waals surface area contributed by atoms with E-state index < -0.39 is 5.41 Å². The van der Waals surface area contributed by atoms with Crippen molar-refractivity contribution < 1.29 is 0 Å². The molecule has 9 rings (SSSR count). The van der Waals surface area contributed by atoms with Crippen molar-refractivity contribution in [1.82, 2.24) is 18.8 Å². The van der Waals surface area contributed by atoms with Gasteiger partial charge in [0.05, 0.1) is 11.4 Å². The fraction of sp³-hybridized carbons (Fsp3) is 0.0286. The molecule has 0 atom stereocenters. The molecule has 0 spiro atoms. The summed E-state index contributed by atoms with van der Waals surface area (Å²) in [6.07, 6.45) is 8.63. The molecule has 8 aromatic rings. The van der Waals surface area contributed by atoms with Gasteiger partial charge >= 0.3 is 0 Å². The Labute approximate surface area is 224 Å². The zero-order valence-corrected chi connectivity index (χ0v) is 21.0. The van der Waals surface area contributed by atoms with Gasteiger partial charge in [0.15, 0.2) is 0 Å². The molecule has 0 unspecified atom stereocenters. The summed E-state index contributed by atoms with van der Waals surface area (Å²) in [7, 11) is 0. The second-order valence-corrected chi connectivity index (χ2v) is 10.4. The van der Waals surface area contributed by atoms with Crippen molar-refractivity contribution in [3.05, 3.63) is 156 Å². The number of nitrogens with zero attached hydrogens (tertiary/aromatic N) is 4. The first-order valence-corrected chi connectivity index (χ1v) is 13.3. The molecule has 4 aromatic heterocycles. The Hall–Kier alpha value is -5.22. The third-order valence-corrected chi connectivity index (χ3v) is 8.42. The van der Waals surface area contributed by atoms with Crippen LogP contribution in [0.1, 0.15) is 22.5 Å². The van der Waals surface area contributed by atoms with Crippen molar-refractivity contribution in [2.24, 2.45) is 0 Å². The van der Waals surface area contributed by atoms with E-state index in [1.54, 1.807) is 0 Å². The Morgan fingerprint density at radius 1 is 0.462 bits per heavy atom. The molecule has 4 heteroatoms. The molecule has 4 nitrogen and oxygen atoms in total. The van der Waals surface area contributed by atoms with Gasteiger partial charge in [0.1, 0.15) is 16.7 Å². The summed E-state index contributed by atoms with van der Waals surface area (Å²) in [5, 5.41) is 4.65. The standard InChI is InChI=1S/C35H22N4/c1-3-11-25-23(9-1)17-19-38-21-31(36-33(25)38)35(29-15-7-5-13-27(29)28-14-6-8-16-30(28)35)32-22-39-20-18-24-10-2-4-12-26(24)34(39)37-32/h1-22H. The molecule has 0 aliphatic heterocycles. The molecule has 0 saturated carbocycles. The predicted molar refractivity (Wildman–Crippen MR) is 156 cm³/mol. The van der Waals surface area contributed by atoms with E-state index >= 15 is 0 Å². The maximum Gasteiger partial charge on any atom is 0.144 e. The number of benzene rings is 4. The molecular weight excluding hydrogens is 476 g/mol. The molecule has 1 aliphatic carbocycles. The molecule has 0 fully saturated rings. The second-order valence-electron chi connectivity index (χ2n) is 10.4. The number of aromatic nitrogens is 4. The Bertz CT molecular complexity index is 2090. The average molecular weight is 499 g/mol. The number of fused-ring (bicyclic) bond motifs is 9. The van der Waals surface area contributed by atoms with Gasteiger partial charge in [-0.15, -0.1) is 0 Å². The number of hydrogen-bond acceptors (Lipinski definition) is 2. The lowest BCUT2D eigenvalue weighted by Crippen LogP contribution is -2.29. The van der Waals surface area contributed by atoms with Gasteiger partial charge in [-0.25, -0.2) is 9.97 Å². The maximum absolute atomic E-state index is 5.42. The minimum atomic E-state index is -0.659. The summed E-state index contributed by atoms with van der Waals surface area (Å²) in [6, 6.07) is 38.7. The van der Waals surface area contributed by atoms with Crippen LogP contribution in [0.4, 0.5) is 0 Å². The molecule has 4 aromatic carbocycles. The van der Waals surface area contributed by atoms with Crippen molar-refractivity contribution in [2.45, 2.75) is 5.41 Å². The second kappa shape index (κ2) is 7.42. The maximum atomic E-state index is 5.42. The fourth-order valence-electron chi connectivity index (χ4n) is 6.71. The first kappa shape index (κ1) is 20.8. The molecule has 0 N–H and O–H groups in total. The molecule has 39 heavy (non-hydrogen) atoms. The molecule has 182 valence electrons. The number of hydrogen-bond donors (Lipinski definition) is 0. The van der Waals surface area contributed by atoms with Crippen LogP contribution in [-0.4, -0.2) is 18.8 Å². The minimum Gasteiger partial charge on any atom is -0.306 e. The summed E-state index contributed by atoms with van der Waals surface area (Å²) in [5.41, 5.74) is 8.10. The van der Waals surface area contributed by atoms with Gasteiger partial charge in [-0.05, 0) is 45.2 Å². The van der Waals surface area contributed by atoms with E-state index in [-0.39, 0.29) is 0 Å². The molecule has 1 aliphatic rings. The van der Waals surface area contributed by atoms with E-state index in [2.05, 4.69) is 143 Å². The van der Waals surface area contributed by atoms with Gasteiger partial charge < -0.3 is 8.80 Å². The lowest BCUT2D eigenvalue weighted by Gasteiger charge is -2.28. The van der Waals surface area contributed by atoms with E-state index in [1.807, 2.05) is 0 Å². The van der Waals surface area contributed by atoms with Gasteiger partial charge in [0.25, 0.3) is 0 Å². The smallest absolute Gasteiger partial charge is 0.144 e. The molecule has 4 heterocycles. The summed E-state index contributed by atoms with van der Waals surface area (Å²) < 4.78 is 4.32. The summed E-state index contributed by atoms with van der Waals surface area (Å²) in [6.45, 7) is 0. The Kier molecular flexibility index (Phi) is 3.96. The normalized spacial score (nSPS) is 13.8. The lowest BCUT2D eigenvalue weighted by atomic mass is 9.73. The monoisotopic (exact) mass is 498 g/mol. The van der Waals surface area contributed by atoms with E-state index in [0.717, 1.165) is 33.5 Å². The largest absolute Gasteiger partial charge is 0.306 e. The van der Waals surface area contributed by atoms with Gasteiger partial charge in [0.2, 0.25) is 0 Å². The molecule has 0 saturated heterocycles. The zero-order chi connectivity index (χ0) is 25.6. The third kappa shape index (κ3) is 2.62. The van der Waals surface area contributed by atoms with Crippen LogP contribution in [0.15, 0.2) is 134 Å². The van der Waals surface area contributed by atoms with Crippen molar-refractivity contribution in [2.75, 3.05) is 0 Å². The highest BCUT2D eigenvalue weighted by Crippen LogP contribution is 2.55. The van der Waals surface area contributed by atoms with Gasteiger partial charge in [-0.2, -0.15) is 0 Å². The van der Waals surface area contributed by atoms with Crippen LogP contribution in [0.25, 0.3) is 44.0 Å². The Balaban J connectivity index is 1.45. The van der Waals surface area contributed by atoms with Crippen LogP contribution in [-0.2, 0) is 5.41 Å². The first-order chi connectivity index (χ1) is 19.3. The highest BCUT2D eigenvalue weighted by Gasteiger charge is 2.49. The van der Waals surface area contributed by atoms with Crippen molar-refractivity contribution >= 4 is 32.8 Å². The molecular formula is C35H22N4. The highest BCUT2D eigenvalue weighted by atomic mass is 15.0. The number of imidazole rings is 2. The van der Waals surface area contributed by atoms with Crippen LogP contribution in [0.3, 0.4) is 0 Å². The summed E-state index contributed by atoms with van der Waals surface area (Å²) >= 11 is 0. The third-order valence-electron chi connectivity index (χ3n) is 8.42. The number of rotatable bonds is 2. The van der Waals surface area contributed by atoms with Crippen LogP contribution < -0.4 is 0 Å². The SMILES string of the molecule is c1ccc2c(c1)-c1ccccc1C2(c1cn2ccc3ccccc3c2n1)c1cn2ccc3ccccc3c2n1. The van der Waals surface area contributed by atoms with Crippen molar-refractivity contribution in [3.63, 3.8) is 0 Å². The van der Waals surface area contributed by atoms with Gasteiger partial charge in [-0.1, -0.05) is 97.1 Å². The van der Waals surface area contributed by atoms with Crippen molar-refractivity contribution in [3.8, 4) is 11.1 Å². The van der Waals surface area contributed by atoms with Crippen LogP contribution in [0.2, 0.25) is 0 Å². The van der Waals surface area contributed by atoms with E-state index in [1.165, 1.54) is 33.0 Å². The Morgan fingerprint density at radius 2 is 0.897 bits per heavy atom. The van der Waals surface area contributed by atoms with Gasteiger partial charge in [0, 0.05) is 35.6 Å². The predicted octanol–water partition coefficient (Wildman–Crippen LogP) is 7.65. The fourth-order valence-corrected chi connectivity index (χ4v) is 6.71. The zero-order valence-electron chi connectivity index (χ0n) is 21.0. The van der Waals surface area contributed by atoms with Gasteiger partial charge in [-0.3, -0.25) is 0 Å². The van der Waals surface area contributed by atoms with E-state index in [9.17, 15) is 0 Å². The summed E-state index contributed by atoms with van der Waals surface area (Å²) in [4.78, 5) is 10.8. The van der Waals surface area contributed by atoms with E-state index in [4.69, 9.17) is 9.97 Å². The number of pyridine rings is 2.